The summed E-state index contributed by atoms with van der Waals surface area (Å²) in [5, 5.41) is 11.0. The molecule has 3 aromatic rings. The lowest BCUT2D eigenvalue weighted by Gasteiger charge is -2.33. The molecule has 1 aromatic carbocycles. The number of carbonyl (C=O) groups excluding carboxylic acids is 1. The first-order valence-corrected chi connectivity index (χ1v) is 13.3. The topological polar surface area (TPSA) is 76.8 Å². The summed E-state index contributed by atoms with van der Waals surface area (Å²) in [5.74, 6) is 1.64. The van der Waals surface area contributed by atoms with Gasteiger partial charge in [0.1, 0.15) is 23.3 Å². The van der Waals surface area contributed by atoms with E-state index < -0.39 is 17.8 Å². The molecule has 7 nitrogen and oxygen atoms in total. The van der Waals surface area contributed by atoms with Crippen LogP contribution in [0.1, 0.15) is 55.8 Å². The number of aliphatic hydroxyl groups excluding tert-OH is 1. The summed E-state index contributed by atoms with van der Waals surface area (Å²) in [4.78, 5) is 19.2. The Labute approximate surface area is 226 Å². The van der Waals surface area contributed by atoms with Crippen molar-refractivity contribution < 1.29 is 19.4 Å². The van der Waals surface area contributed by atoms with Crippen LogP contribution in [0.5, 0.6) is 5.75 Å². The number of aryl methyl sites for hydroxylation is 3. The molecule has 0 saturated carbocycles. The Balaban J connectivity index is 1.49. The highest BCUT2D eigenvalue weighted by Gasteiger charge is 2.29. The van der Waals surface area contributed by atoms with E-state index in [1.54, 1.807) is 11.1 Å². The summed E-state index contributed by atoms with van der Waals surface area (Å²) in [6, 6.07) is 14.0. The number of hydrogen-bond acceptors (Lipinski definition) is 5. The van der Waals surface area contributed by atoms with Crippen LogP contribution in [0, 0.1) is 17.4 Å². The average Bonchev–Trinajstić information content (AvgIpc) is 3.15. The van der Waals surface area contributed by atoms with Crippen LogP contribution in [0.3, 0.4) is 0 Å². The third-order valence-corrected chi connectivity index (χ3v) is 6.85. The van der Waals surface area contributed by atoms with E-state index in [2.05, 4.69) is 38.2 Å². The minimum Gasteiger partial charge on any atom is -0.488 e. The fraction of sp³-hybridized carbons (Fsp3) is 0.429. The predicted octanol–water partition coefficient (Wildman–Crippen LogP) is 5.76. The van der Waals surface area contributed by atoms with Gasteiger partial charge in [0.25, 0.3) is 0 Å². The minimum atomic E-state index is -0.914. The van der Waals surface area contributed by atoms with Crippen LogP contribution in [0.25, 0.3) is 5.82 Å². The number of aromatic nitrogens is 2. The van der Waals surface area contributed by atoms with E-state index in [4.69, 9.17) is 9.47 Å². The molecule has 0 aliphatic carbocycles. The molecule has 8 heteroatoms. The van der Waals surface area contributed by atoms with Crippen molar-refractivity contribution in [3.05, 3.63) is 74.7 Å². The maximum absolute atomic E-state index is 13.1. The zero-order valence-electron chi connectivity index (χ0n) is 21.5. The molecule has 1 N–H and O–H groups in total. The van der Waals surface area contributed by atoms with Gasteiger partial charge in [0, 0.05) is 26.7 Å². The summed E-state index contributed by atoms with van der Waals surface area (Å²) >= 11 is 2.30. The number of aliphatic hydroxyl groups is 1. The molecule has 0 spiro atoms. The number of rotatable bonds is 6. The van der Waals surface area contributed by atoms with E-state index in [9.17, 15) is 9.90 Å². The van der Waals surface area contributed by atoms with Crippen molar-refractivity contribution in [1.29, 1.82) is 0 Å². The van der Waals surface area contributed by atoms with E-state index in [0.717, 1.165) is 35.8 Å². The molecule has 0 saturated heterocycles. The van der Waals surface area contributed by atoms with Crippen molar-refractivity contribution in [1.82, 2.24) is 14.5 Å². The number of amides is 1. The average molecular weight is 604 g/mol. The van der Waals surface area contributed by atoms with Crippen LogP contribution in [0.4, 0.5) is 4.79 Å². The number of pyridine rings is 1. The smallest absolute Gasteiger partial charge is 0.410 e. The quantitative estimate of drug-likeness (QED) is 0.363. The molecule has 1 amide bonds. The molecule has 1 aliphatic heterocycles. The fourth-order valence-corrected chi connectivity index (χ4v) is 4.96. The molecule has 0 bridgehead atoms. The molecule has 3 heterocycles. The Bertz CT molecular complexity index is 1200. The number of carbonyl (C=O) groups is 1. The number of nitrogens with zero attached hydrogens (tertiary/aromatic N) is 3. The van der Waals surface area contributed by atoms with Gasteiger partial charge in [-0.15, -0.1) is 0 Å². The van der Waals surface area contributed by atoms with Gasteiger partial charge < -0.3 is 24.0 Å². The first-order valence-electron chi connectivity index (χ1n) is 12.2. The van der Waals surface area contributed by atoms with Crippen LogP contribution in [-0.2, 0) is 11.2 Å². The number of ether oxygens (including phenoxy) is 2. The lowest BCUT2D eigenvalue weighted by Crippen LogP contribution is -2.45. The molecule has 0 fully saturated rings. The van der Waals surface area contributed by atoms with Crippen LogP contribution < -0.4 is 4.74 Å². The highest BCUT2D eigenvalue weighted by atomic mass is 127. The van der Waals surface area contributed by atoms with Crippen LogP contribution >= 0.6 is 22.6 Å². The van der Waals surface area contributed by atoms with Crippen LogP contribution in [0.2, 0.25) is 0 Å². The van der Waals surface area contributed by atoms with Crippen molar-refractivity contribution in [2.24, 2.45) is 0 Å². The van der Waals surface area contributed by atoms with Crippen LogP contribution in [-0.4, -0.2) is 50.4 Å². The highest BCUT2D eigenvalue weighted by molar-refractivity contribution is 14.1. The van der Waals surface area contributed by atoms with E-state index in [0.29, 0.717) is 12.1 Å². The monoisotopic (exact) mass is 603 g/mol. The summed E-state index contributed by atoms with van der Waals surface area (Å²) in [5.41, 5.74) is 3.36. The second-order valence-electron chi connectivity index (χ2n) is 10.3. The lowest BCUT2D eigenvalue weighted by atomic mass is 10.0. The van der Waals surface area contributed by atoms with Gasteiger partial charge >= 0.3 is 6.09 Å². The third kappa shape index (κ3) is 6.39. The molecule has 192 valence electrons. The van der Waals surface area contributed by atoms with Crippen LogP contribution in [0.15, 0.2) is 48.7 Å². The zero-order chi connectivity index (χ0) is 26.0. The second kappa shape index (κ2) is 10.8. The van der Waals surface area contributed by atoms with Gasteiger partial charge in [0.05, 0.1) is 19.2 Å². The third-order valence-electron chi connectivity index (χ3n) is 6.18. The molecule has 2 aromatic heterocycles. The molecule has 2 atom stereocenters. The normalized spacial score (nSPS) is 16.1. The first kappa shape index (κ1) is 26.5. The Morgan fingerprint density at radius 3 is 2.58 bits per heavy atom. The first-order chi connectivity index (χ1) is 17.0. The zero-order valence-corrected chi connectivity index (χ0v) is 23.7. The SMILES string of the molecule is Cc1ccc(C)n1-c1ccc(C(O)CN(C[C@H]2CCc3cc(I)ccc3O2)C(=O)OC(C)(C)C)cn1. The molecular weight excluding hydrogens is 569 g/mol. The van der Waals surface area contributed by atoms with Crippen molar-refractivity contribution in [2.45, 2.75) is 65.3 Å². The standard InChI is InChI=1S/C28H34IN3O4/c1-18-6-7-19(2)32(18)26-13-9-21(15-30-26)24(33)17-31(27(34)36-28(3,4)5)16-23-11-8-20-14-22(29)10-12-25(20)35-23/h6-7,9-10,12-15,23-24,33H,8,11,16-17H2,1-5H3/t23-,24?/m1/s1. The molecule has 1 unspecified atom stereocenters. The van der Waals surface area contributed by atoms with E-state index >= 15 is 0 Å². The fourth-order valence-electron chi connectivity index (χ4n) is 4.41. The van der Waals surface area contributed by atoms with Gasteiger partial charge in [-0.1, -0.05) is 6.07 Å². The van der Waals surface area contributed by atoms with Gasteiger partial charge in [-0.3, -0.25) is 0 Å². The Hall–Kier alpha value is -2.59. The van der Waals surface area contributed by atoms with Gasteiger partial charge in [-0.05, 0) is 112 Å². The number of benzene rings is 1. The van der Waals surface area contributed by atoms with Gasteiger partial charge in [0.2, 0.25) is 0 Å². The summed E-state index contributed by atoms with van der Waals surface area (Å²) < 4.78 is 15.1. The van der Waals surface area contributed by atoms with Crippen molar-refractivity contribution in [3.63, 3.8) is 0 Å². The maximum Gasteiger partial charge on any atom is 0.410 e. The van der Waals surface area contributed by atoms with E-state index in [-0.39, 0.29) is 12.6 Å². The molecule has 36 heavy (non-hydrogen) atoms. The Kier molecular flexibility index (Phi) is 7.94. The molecule has 0 radical (unpaired) electrons. The number of fused-ring (bicyclic) bond motifs is 1. The second-order valence-corrected chi connectivity index (χ2v) is 11.6. The van der Waals surface area contributed by atoms with Gasteiger partial charge in [-0.2, -0.15) is 0 Å². The Morgan fingerprint density at radius 1 is 1.22 bits per heavy atom. The van der Waals surface area contributed by atoms with E-state index in [1.807, 2.05) is 71.0 Å². The maximum atomic E-state index is 13.1. The largest absolute Gasteiger partial charge is 0.488 e. The van der Waals surface area contributed by atoms with Crippen molar-refractivity contribution in [2.75, 3.05) is 13.1 Å². The van der Waals surface area contributed by atoms with Crippen molar-refractivity contribution in [3.8, 4) is 11.6 Å². The minimum absolute atomic E-state index is 0.0803. The highest BCUT2D eigenvalue weighted by Crippen LogP contribution is 2.30. The number of hydrogen-bond donors (Lipinski definition) is 1. The summed E-state index contributed by atoms with van der Waals surface area (Å²) in [7, 11) is 0. The molecule has 1 aliphatic rings. The number of halogens is 1. The van der Waals surface area contributed by atoms with Gasteiger partial charge in [-0.25, -0.2) is 9.78 Å². The predicted molar refractivity (Wildman–Crippen MR) is 148 cm³/mol. The van der Waals surface area contributed by atoms with Crippen molar-refractivity contribution >= 4 is 28.7 Å². The van der Waals surface area contributed by atoms with Gasteiger partial charge in [0.15, 0.2) is 0 Å². The van der Waals surface area contributed by atoms with E-state index in [1.165, 1.54) is 9.13 Å². The molecule has 4 rings (SSSR count). The lowest BCUT2D eigenvalue weighted by molar-refractivity contribution is 0.00364. The Morgan fingerprint density at radius 2 is 1.94 bits per heavy atom. The molecular formula is C28H34IN3O4. The summed E-state index contributed by atoms with van der Waals surface area (Å²) in [6.45, 7) is 9.97. The summed E-state index contributed by atoms with van der Waals surface area (Å²) in [6.07, 6.45) is 1.77.